The van der Waals surface area contributed by atoms with Gasteiger partial charge in [-0.15, -0.1) is 0 Å². The zero-order valence-corrected chi connectivity index (χ0v) is 20.8. The van der Waals surface area contributed by atoms with Crippen molar-refractivity contribution < 1.29 is 19.1 Å². The number of unbranched alkanes of at least 4 members (excludes halogenated alkanes) is 1. The fourth-order valence-electron chi connectivity index (χ4n) is 3.80. The Morgan fingerprint density at radius 2 is 1.67 bits per heavy atom. The van der Waals surface area contributed by atoms with Gasteiger partial charge >= 0.3 is 0 Å². The SMILES string of the molecule is CCCCc1ccc(N2C(=O)C(Cl)=C(Nc3cccc(C(=O)Nc4ccc(OC)cc4)c3)C2=O)cc1. The zero-order chi connectivity index (χ0) is 25.7. The third kappa shape index (κ3) is 5.42. The van der Waals surface area contributed by atoms with Crippen LogP contribution in [0.15, 0.2) is 83.5 Å². The Labute approximate surface area is 214 Å². The summed E-state index contributed by atoms with van der Waals surface area (Å²) in [6, 6.07) is 20.9. The quantitative estimate of drug-likeness (QED) is 0.364. The minimum absolute atomic E-state index is 0.0376. The van der Waals surface area contributed by atoms with E-state index < -0.39 is 11.8 Å². The van der Waals surface area contributed by atoms with E-state index in [2.05, 4.69) is 17.6 Å². The van der Waals surface area contributed by atoms with Crippen LogP contribution in [0.3, 0.4) is 0 Å². The molecule has 0 fully saturated rings. The summed E-state index contributed by atoms with van der Waals surface area (Å²) in [4.78, 5) is 39.7. The first-order valence-corrected chi connectivity index (χ1v) is 12.0. The Balaban J connectivity index is 1.47. The van der Waals surface area contributed by atoms with E-state index in [-0.39, 0.29) is 16.6 Å². The summed E-state index contributed by atoms with van der Waals surface area (Å²) < 4.78 is 5.13. The molecule has 0 saturated heterocycles. The minimum atomic E-state index is -0.598. The van der Waals surface area contributed by atoms with E-state index in [4.69, 9.17) is 16.3 Å². The van der Waals surface area contributed by atoms with Gasteiger partial charge in [0.15, 0.2) is 0 Å². The first-order valence-electron chi connectivity index (χ1n) is 11.6. The van der Waals surface area contributed by atoms with E-state index >= 15 is 0 Å². The Morgan fingerprint density at radius 1 is 0.944 bits per heavy atom. The summed E-state index contributed by atoms with van der Waals surface area (Å²) >= 11 is 6.27. The summed E-state index contributed by atoms with van der Waals surface area (Å²) in [5.41, 5.74) is 2.98. The minimum Gasteiger partial charge on any atom is -0.497 e. The van der Waals surface area contributed by atoms with Crippen LogP contribution in [0.25, 0.3) is 0 Å². The first kappa shape index (κ1) is 25.0. The molecule has 1 aliphatic heterocycles. The lowest BCUT2D eigenvalue weighted by molar-refractivity contribution is -0.120. The van der Waals surface area contributed by atoms with Gasteiger partial charge in [0.25, 0.3) is 17.7 Å². The number of nitrogens with zero attached hydrogens (tertiary/aromatic N) is 1. The highest BCUT2D eigenvalue weighted by Gasteiger charge is 2.39. The van der Waals surface area contributed by atoms with E-state index in [0.29, 0.717) is 28.4 Å². The van der Waals surface area contributed by atoms with Crippen LogP contribution >= 0.6 is 11.6 Å². The number of halogens is 1. The van der Waals surface area contributed by atoms with Crippen molar-refractivity contribution in [1.29, 1.82) is 0 Å². The highest BCUT2D eigenvalue weighted by Crippen LogP contribution is 2.30. The second kappa shape index (κ2) is 11.1. The predicted molar refractivity (Wildman–Crippen MR) is 141 cm³/mol. The maximum Gasteiger partial charge on any atom is 0.283 e. The number of rotatable bonds is 9. The van der Waals surface area contributed by atoms with Crippen LogP contribution in [0, 0.1) is 0 Å². The number of carbonyl (C=O) groups excluding carboxylic acids is 3. The molecule has 0 aliphatic carbocycles. The van der Waals surface area contributed by atoms with E-state index in [1.165, 1.54) is 0 Å². The van der Waals surface area contributed by atoms with E-state index in [1.807, 2.05) is 12.1 Å². The monoisotopic (exact) mass is 503 g/mol. The van der Waals surface area contributed by atoms with Crippen molar-refractivity contribution in [2.45, 2.75) is 26.2 Å². The molecule has 0 radical (unpaired) electrons. The number of hydrogen-bond donors (Lipinski definition) is 2. The number of imide groups is 1. The number of methoxy groups -OCH3 is 1. The maximum absolute atomic E-state index is 13.1. The van der Waals surface area contributed by atoms with Gasteiger partial charge in [-0.25, -0.2) is 4.90 Å². The number of nitrogens with one attached hydrogen (secondary N) is 2. The lowest BCUT2D eigenvalue weighted by atomic mass is 10.1. The van der Waals surface area contributed by atoms with Crippen molar-refractivity contribution in [2.75, 3.05) is 22.6 Å². The molecule has 0 aromatic heterocycles. The van der Waals surface area contributed by atoms with Gasteiger partial charge in [0, 0.05) is 16.9 Å². The highest BCUT2D eigenvalue weighted by atomic mass is 35.5. The van der Waals surface area contributed by atoms with Crippen molar-refractivity contribution in [3.05, 3.63) is 94.7 Å². The molecule has 0 bridgehead atoms. The van der Waals surface area contributed by atoms with Gasteiger partial charge in [0.05, 0.1) is 12.8 Å². The smallest absolute Gasteiger partial charge is 0.283 e. The Kier molecular flexibility index (Phi) is 7.71. The van der Waals surface area contributed by atoms with Crippen LogP contribution in [-0.2, 0) is 16.0 Å². The number of ether oxygens (including phenoxy) is 1. The van der Waals surface area contributed by atoms with Gasteiger partial charge in [-0.3, -0.25) is 14.4 Å². The number of carbonyl (C=O) groups is 3. The molecular weight excluding hydrogens is 478 g/mol. The van der Waals surface area contributed by atoms with Gasteiger partial charge in [-0.1, -0.05) is 43.1 Å². The molecule has 3 aromatic rings. The van der Waals surface area contributed by atoms with Crippen molar-refractivity contribution in [2.24, 2.45) is 0 Å². The molecule has 0 atom stereocenters. The standard InChI is InChI=1S/C28H26ClN3O4/c1-3-4-6-18-9-13-22(14-10-18)32-27(34)24(29)25(28(32)35)30-21-8-5-7-19(17-21)26(33)31-20-11-15-23(36-2)16-12-20/h5,7-17,30H,3-4,6H2,1-2H3,(H,31,33). The van der Waals surface area contributed by atoms with E-state index in [1.54, 1.807) is 67.8 Å². The number of hydrogen-bond acceptors (Lipinski definition) is 5. The molecule has 2 N–H and O–H groups in total. The number of amides is 3. The summed E-state index contributed by atoms with van der Waals surface area (Å²) in [6.45, 7) is 2.13. The van der Waals surface area contributed by atoms with Crippen molar-refractivity contribution >= 4 is 46.4 Å². The average molecular weight is 504 g/mol. The molecule has 8 heteroatoms. The largest absolute Gasteiger partial charge is 0.497 e. The fraction of sp³-hybridized carbons (Fsp3) is 0.179. The van der Waals surface area contributed by atoms with Gasteiger partial charge < -0.3 is 15.4 Å². The molecule has 3 amide bonds. The van der Waals surface area contributed by atoms with E-state index in [9.17, 15) is 14.4 Å². The maximum atomic E-state index is 13.1. The van der Waals surface area contributed by atoms with Crippen LogP contribution < -0.4 is 20.3 Å². The van der Waals surface area contributed by atoms with Crippen LogP contribution in [0.1, 0.15) is 35.7 Å². The van der Waals surface area contributed by atoms with Crippen LogP contribution in [0.4, 0.5) is 17.1 Å². The average Bonchev–Trinajstić information content (AvgIpc) is 3.11. The molecule has 0 unspecified atom stereocenters. The Hall–Kier alpha value is -4.10. The van der Waals surface area contributed by atoms with Crippen LogP contribution in [-0.4, -0.2) is 24.8 Å². The number of aryl methyl sites for hydroxylation is 1. The number of benzene rings is 3. The summed E-state index contributed by atoms with van der Waals surface area (Å²) in [5, 5.41) is 5.53. The summed E-state index contributed by atoms with van der Waals surface area (Å²) in [5.74, 6) is -0.803. The predicted octanol–water partition coefficient (Wildman–Crippen LogP) is 5.73. The van der Waals surface area contributed by atoms with Crippen LogP contribution in [0.2, 0.25) is 0 Å². The lowest BCUT2D eigenvalue weighted by Gasteiger charge is -2.16. The van der Waals surface area contributed by atoms with Crippen molar-refractivity contribution in [3.8, 4) is 5.75 Å². The number of anilines is 3. The molecule has 7 nitrogen and oxygen atoms in total. The molecule has 4 rings (SSSR count). The second-order valence-electron chi connectivity index (χ2n) is 8.29. The topological polar surface area (TPSA) is 87.7 Å². The van der Waals surface area contributed by atoms with Gasteiger partial charge in [0.1, 0.15) is 16.5 Å². The van der Waals surface area contributed by atoms with E-state index in [0.717, 1.165) is 29.7 Å². The summed E-state index contributed by atoms with van der Waals surface area (Å²) in [7, 11) is 1.57. The van der Waals surface area contributed by atoms with Gasteiger partial charge in [-0.05, 0) is 73.0 Å². The molecule has 3 aromatic carbocycles. The zero-order valence-electron chi connectivity index (χ0n) is 20.0. The Morgan fingerprint density at radius 3 is 2.33 bits per heavy atom. The molecule has 1 heterocycles. The molecule has 1 aliphatic rings. The molecule has 0 saturated carbocycles. The molecule has 36 heavy (non-hydrogen) atoms. The summed E-state index contributed by atoms with van der Waals surface area (Å²) in [6.07, 6.45) is 3.09. The lowest BCUT2D eigenvalue weighted by Crippen LogP contribution is -2.32. The third-order valence-electron chi connectivity index (χ3n) is 5.78. The van der Waals surface area contributed by atoms with Crippen LogP contribution in [0.5, 0.6) is 5.75 Å². The normalized spacial score (nSPS) is 13.2. The third-order valence-corrected chi connectivity index (χ3v) is 6.13. The van der Waals surface area contributed by atoms with Gasteiger partial charge in [0.2, 0.25) is 0 Å². The molecular formula is C28H26ClN3O4. The highest BCUT2D eigenvalue weighted by molar-refractivity contribution is 6.53. The molecule has 184 valence electrons. The first-order chi connectivity index (χ1) is 17.4. The second-order valence-corrected chi connectivity index (χ2v) is 8.67. The van der Waals surface area contributed by atoms with Crippen molar-refractivity contribution in [1.82, 2.24) is 0 Å². The Bertz CT molecular complexity index is 1320. The van der Waals surface area contributed by atoms with Crippen molar-refractivity contribution in [3.63, 3.8) is 0 Å². The molecule has 0 spiro atoms. The fourth-order valence-corrected chi connectivity index (χ4v) is 4.01. The van der Waals surface area contributed by atoms with Gasteiger partial charge in [-0.2, -0.15) is 0 Å².